The molecule has 0 aliphatic rings. The fraction of sp³-hybridized carbons (Fsp3) is 0.464. The number of amides is 3. The number of hydrogen-bond donors (Lipinski definition) is 3. The first-order chi connectivity index (χ1) is 19.2. The highest BCUT2D eigenvalue weighted by molar-refractivity contribution is 6.04. The van der Waals surface area contributed by atoms with Crippen LogP contribution in [-0.2, 0) is 17.9 Å². The normalized spacial score (nSPS) is 11.1. The molecule has 3 amide bonds. The first-order valence-electron chi connectivity index (χ1n) is 13.6. The number of carbonyl (C=O) groups is 3. The number of likely N-dealkylation sites (N-methyl/N-ethyl adjacent to an activating group) is 1. The summed E-state index contributed by atoms with van der Waals surface area (Å²) >= 11 is 0. The van der Waals surface area contributed by atoms with Gasteiger partial charge in [0.25, 0.3) is 5.91 Å². The number of aromatic nitrogens is 4. The van der Waals surface area contributed by atoms with Gasteiger partial charge in [-0.3, -0.25) is 29.3 Å². The number of allylic oxidation sites excluding steroid dienone is 1. The molecule has 3 rings (SSSR count). The maximum Gasteiger partial charge on any atom is 0.276 e. The summed E-state index contributed by atoms with van der Waals surface area (Å²) in [6.07, 6.45) is 3.22. The maximum absolute atomic E-state index is 13.1. The zero-order valence-electron chi connectivity index (χ0n) is 23.8. The number of carbonyl (C=O) groups excluding carboxylic acids is 3. The van der Waals surface area contributed by atoms with Gasteiger partial charge in [-0.1, -0.05) is 19.9 Å². The van der Waals surface area contributed by atoms with Gasteiger partial charge in [0.2, 0.25) is 17.8 Å². The molecule has 0 unspecified atom stereocenters. The fourth-order valence-corrected chi connectivity index (χ4v) is 4.43. The third-order valence-corrected chi connectivity index (χ3v) is 6.32. The van der Waals surface area contributed by atoms with Gasteiger partial charge in [-0.25, -0.2) is 4.98 Å². The predicted molar refractivity (Wildman–Crippen MR) is 155 cm³/mol. The van der Waals surface area contributed by atoms with Crippen molar-refractivity contribution in [1.82, 2.24) is 29.5 Å². The first-order valence-corrected chi connectivity index (χ1v) is 13.6. The molecule has 4 N–H and O–H groups in total. The standard InChI is InChI=1S/C28H40N8O4/c1-6-12-34(8-3)18-24(37)30-11-10-14-40-23-17-20(26(29)38)16-21-25(23)35(13-7-2)28(31-21)32-27(39)22-15-19(5)33-36(22)9-4/h7,15-17H,2,6,8-14,18H2,1,3-5H3,(H2,29,38)(H,30,37)(H,31,32,39). The Morgan fingerprint density at radius 3 is 2.62 bits per heavy atom. The molecule has 2 aromatic heterocycles. The van der Waals surface area contributed by atoms with Gasteiger partial charge in [0.15, 0.2) is 0 Å². The lowest BCUT2D eigenvalue weighted by atomic mass is 10.1. The largest absolute Gasteiger partial charge is 0.491 e. The van der Waals surface area contributed by atoms with Crippen LogP contribution >= 0.6 is 0 Å². The number of fused-ring (bicyclic) bond motifs is 1. The van der Waals surface area contributed by atoms with Gasteiger partial charge in [-0.05, 0) is 58.0 Å². The van der Waals surface area contributed by atoms with Crippen LogP contribution < -0.4 is 21.1 Å². The number of ether oxygens (including phenoxy) is 1. The molecular formula is C28H40N8O4. The second-order valence-electron chi connectivity index (χ2n) is 9.40. The van der Waals surface area contributed by atoms with E-state index in [1.54, 1.807) is 33.5 Å². The van der Waals surface area contributed by atoms with Crippen LogP contribution in [0.25, 0.3) is 11.0 Å². The lowest BCUT2D eigenvalue weighted by Gasteiger charge is -2.18. The number of aryl methyl sites for hydroxylation is 2. The van der Waals surface area contributed by atoms with Crippen molar-refractivity contribution in [3.63, 3.8) is 0 Å². The number of nitrogens with zero attached hydrogens (tertiary/aromatic N) is 5. The van der Waals surface area contributed by atoms with Crippen LogP contribution in [0.4, 0.5) is 5.95 Å². The van der Waals surface area contributed by atoms with Crippen molar-refractivity contribution in [2.75, 3.05) is 38.1 Å². The van der Waals surface area contributed by atoms with Gasteiger partial charge in [0, 0.05) is 25.2 Å². The third kappa shape index (κ3) is 7.47. The van der Waals surface area contributed by atoms with Gasteiger partial charge >= 0.3 is 0 Å². The molecule has 12 heteroatoms. The Bertz CT molecular complexity index is 1360. The molecule has 1 aromatic carbocycles. The summed E-state index contributed by atoms with van der Waals surface area (Å²) in [5.41, 5.74) is 7.96. The molecule has 2 heterocycles. The summed E-state index contributed by atoms with van der Waals surface area (Å²) in [6, 6.07) is 4.84. The van der Waals surface area contributed by atoms with E-state index in [0.29, 0.717) is 55.1 Å². The van der Waals surface area contributed by atoms with Crippen molar-refractivity contribution in [3.8, 4) is 5.75 Å². The molecule has 40 heavy (non-hydrogen) atoms. The molecule has 0 saturated heterocycles. The smallest absolute Gasteiger partial charge is 0.276 e. The average molecular weight is 553 g/mol. The van der Waals surface area contributed by atoms with Crippen molar-refractivity contribution in [2.45, 2.75) is 53.6 Å². The Hall–Kier alpha value is -4.19. The van der Waals surface area contributed by atoms with Crippen LogP contribution in [0.5, 0.6) is 5.75 Å². The Balaban J connectivity index is 1.80. The summed E-state index contributed by atoms with van der Waals surface area (Å²) in [6.45, 7) is 15.3. The van der Waals surface area contributed by atoms with Crippen LogP contribution in [-0.4, -0.2) is 74.7 Å². The van der Waals surface area contributed by atoms with Crippen LogP contribution in [0.1, 0.15) is 60.2 Å². The Labute approximate surface area is 234 Å². The highest BCUT2D eigenvalue weighted by Crippen LogP contribution is 2.31. The molecule has 0 aliphatic heterocycles. The third-order valence-electron chi connectivity index (χ3n) is 6.32. The van der Waals surface area contributed by atoms with Crippen molar-refractivity contribution < 1.29 is 19.1 Å². The van der Waals surface area contributed by atoms with Gasteiger partial charge in [-0.2, -0.15) is 5.10 Å². The molecule has 3 aromatic rings. The van der Waals surface area contributed by atoms with E-state index in [4.69, 9.17) is 10.5 Å². The predicted octanol–water partition coefficient (Wildman–Crippen LogP) is 2.72. The van der Waals surface area contributed by atoms with Crippen LogP contribution in [0, 0.1) is 6.92 Å². The molecule has 0 atom stereocenters. The zero-order chi connectivity index (χ0) is 29.2. The van der Waals surface area contributed by atoms with Gasteiger partial charge in [0.1, 0.15) is 17.0 Å². The molecule has 0 bridgehead atoms. The average Bonchev–Trinajstić information content (AvgIpc) is 3.47. The number of benzene rings is 1. The number of imidazole rings is 1. The SMILES string of the molecule is C=CCn1c(NC(=O)c2cc(C)nn2CC)nc2cc(C(N)=O)cc(OCCCNC(=O)CN(CC)CCC)c21. The molecular weight excluding hydrogens is 512 g/mol. The van der Waals surface area contributed by atoms with E-state index in [2.05, 4.69) is 39.1 Å². The highest BCUT2D eigenvalue weighted by Gasteiger charge is 2.21. The summed E-state index contributed by atoms with van der Waals surface area (Å²) in [5, 5.41) is 10.1. The second kappa shape index (κ2) is 14.3. The highest BCUT2D eigenvalue weighted by atomic mass is 16.5. The number of primary amides is 1. The summed E-state index contributed by atoms with van der Waals surface area (Å²) in [4.78, 5) is 44.1. The van der Waals surface area contributed by atoms with Crippen LogP contribution in [0.2, 0.25) is 0 Å². The van der Waals surface area contributed by atoms with Crippen molar-refractivity contribution in [1.29, 1.82) is 0 Å². The van der Waals surface area contributed by atoms with E-state index in [1.165, 1.54) is 0 Å². The van der Waals surface area contributed by atoms with Crippen LogP contribution in [0.15, 0.2) is 30.9 Å². The molecule has 0 radical (unpaired) electrons. The van der Waals surface area contributed by atoms with E-state index in [1.807, 2.05) is 20.8 Å². The molecule has 216 valence electrons. The quantitative estimate of drug-likeness (QED) is 0.183. The zero-order valence-corrected chi connectivity index (χ0v) is 23.8. The minimum Gasteiger partial charge on any atom is -0.491 e. The number of nitrogens with one attached hydrogen (secondary N) is 2. The number of rotatable bonds is 16. The maximum atomic E-state index is 13.1. The van der Waals surface area contributed by atoms with E-state index in [0.717, 1.165) is 25.2 Å². The Kier molecular flexibility index (Phi) is 10.8. The minimum atomic E-state index is -0.627. The molecule has 0 aliphatic carbocycles. The first kappa shape index (κ1) is 30.4. The topological polar surface area (TPSA) is 149 Å². The monoisotopic (exact) mass is 552 g/mol. The Morgan fingerprint density at radius 1 is 1.20 bits per heavy atom. The van der Waals surface area contributed by atoms with Gasteiger partial charge in [-0.15, -0.1) is 6.58 Å². The summed E-state index contributed by atoms with van der Waals surface area (Å²) in [5.74, 6) is -0.359. The summed E-state index contributed by atoms with van der Waals surface area (Å²) in [7, 11) is 0. The number of hydrogen-bond acceptors (Lipinski definition) is 7. The lowest BCUT2D eigenvalue weighted by Crippen LogP contribution is -2.38. The van der Waals surface area contributed by atoms with Gasteiger partial charge in [0.05, 0.1) is 24.4 Å². The van der Waals surface area contributed by atoms with Gasteiger partial charge < -0.3 is 20.4 Å². The molecule has 12 nitrogen and oxygen atoms in total. The van der Waals surface area contributed by atoms with E-state index < -0.39 is 5.91 Å². The van der Waals surface area contributed by atoms with E-state index in [-0.39, 0.29) is 29.9 Å². The van der Waals surface area contributed by atoms with Crippen molar-refractivity contribution >= 4 is 34.7 Å². The van der Waals surface area contributed by atoms with Crippen molar-refractivity contribution in [3.05, 3.63) is 47.8 Å². The molecule has 0 fully saturated rings. The second-order valence-corrected chi connectivity index (χ2v) is 9.40. The van der Waals surface area contributed by atoms with Crippen molar-refractivity contribution in [2.24, 2.45) is 5.73 Å². The number of nitrogens with two attached hydrogens (primary N) is 1. The molecule has 0 saturated carbocycles. The molecule has 0 spiro atoms. The van der Waals surface area contributed by atoms with E-state index in [9.17, 15) is 14.4 Å². The Morgan fingerprint density at radius 2 is 1.98 bits per heavy atom. The number of anilines is 1. The summed E-state index contributed by atoms with van der Waals surface area (Å²) < 4.78 is 9.45. The minimum absolute atomic E-state index is 0.0301. The van der Waals surface area contributed by atoms with Crippen LogP contribution in [0.3, 0.4) is 0 Å². The lowest BCUT2D eigenvalue weighted by molar-refractivity contribution is -0.122. The van der Waals surface area contributed by atoms with E-state index >= 15 is 0 Å². The fourth-order valence-electron chi connectivity index (χ4n) is 4.43.